The normalized spacial score (nSPS) is 13.8. The van der Waals surface area contributed by atoms with E-state index in [4.69, 9.17) is 17.0 Å². The van der Waals surface area contributed by atoms with E-state index in [2.05, 4.69) is 31.9 Å². The van der Waals surface area contributed by atoms with Crippen molar-refractivity contribution >= 4 is 56.4 Å². The number of nitrogens with one attached hydrogen (secondary N) is 3. The summed E-state index contributed by atoms with van der Waals surface area (Å²) in [7, 11) is 0. The highest BCUT2D eigenvalue weighted by Gasteiger charge is 2.21. The molecule has 1 saturated carbocycles. The van der Waals surface area contributed by atoms with Crippen LogP contribution < -0.4 is 20.7 Å². The number of anilines is 2. The van der Waals surface area contributed by atoms with Gasteiger partial charge in [0.05, 0.1) is 12.2 Å². The summed E-state index contributed by atoms with van der Waals surface area (Å²) >= 11 is 8.72. The molecule has 0 atom stereocenters. The van der Waals surface area contributed by atoms with Crippen molar-refractivity contribution < 1.29 is 14.3 Å². The Labute approximate surface area is 202 Å². The van der Waals surface area contributed by atoms with E-state index in [1.54, 1.807) is 18.2 Å². The smallest absolute Gasteiger partial charge is 0.261 e. The average molecular weight is 518 g/mol. The number of carbonyl (C=O) groups is 2. The van der Waals surface area contributed by atoms with Crippen LogP contribution in [0, 0.1) is 5.92 Å². The van der Waals surface area contributed by atoms with Crippen molar-refractivity contribution in [3.8, 4) is 5.75 Å². The van der Waals surface area contributed by atoms with E-state index in [1.807, 2.05) is 31.2 Å². The van der Waals surface area contributed by atoms with Gasteiger partial charge in [0.25, 0.3) is 5.91 Å². The number of halogens is 1. The predicted molar refractivity (Wildman–Crippen MR) is 135 cm³/mol. The maximum atomic E-state index is 12.8. The molecule has 6 nitrogen and oxygen atoms in total. The number of hydrogen-bond acceptors (Lipinski definition) is 4. The SMILES string of the molecule is CCCOc1ccc(Br)cc1C(=O)NC(=S)Nc1cccc(NC(=O)C2CCCCC2)c1. The molecule has 3 rings (SSSR count). The lowest BCUT2D eigenvalue weighted by atomic mass is 9.88. The van der Waals surface area contributed by atoms with Crippen molar-refractivity contribution in [2.45, 2.75) is 45.4 Å². The first-order chi connectivity index (χ1) is 15.5. The molecular formula is C24H28BrN3O3S. The first kappa shape index (κ1) is 24.2. The van der Waals surface area contributed by atoms with Crippen molar-refractivity contribution in [1.82, 2.24) is 5.32 Å². The first-order valence-electron chi connectivity index (χ1n) is 10.9. The standard InChI is InChI=1S/C24H28BrN3O3S/c1-2-13-31-21-12-11-17(25)14-20(21)23(30)28-24(32)27-19-10-6-9-18(15-19)26-22(29)16-7-4-3-5-8-16/h6,9-12,14-16H,2-5,7-8,13H2,1H3,(H,26,29)(H2,27,28,30,32). The molecule has 0 saturated heterocycles. The summed E-state index contributed by atoms with van der Waals surface area (Å²) in [5.41, 5.74) is 1.76. The van der Waals surface area contributed by atoms with E-state index in [0.717, 1.165) is 36.6 Å². The van der Waals surface area contributed by atoms with Crippen LogP contribution in [-0.4, -0.2) is 23.5 Å². The monoisotopic (exact) mass is 517 g/mol. The van der Waals surface area contributed by atoms with Crippen molar-refractivity contribution in [2.75, 3.05) is 17.2 Å². The minimum absolute atomic E-state index is 0.0620. The summed E-state index contributed by atoms with van der Waals surface area (Å²) in [5, 5.41) is 8.86. The van der Waals surface area contributed by atoms with Gasteiger partial charge >= 0.3 is 0 Å². The maximum absolute atomic E-state index is 12.8. The van der Waals surface area contributed by atoms with Crippen LogP contribution in [0.4, 0.5) is 11.4 Å². The Morgan fingerprint density at radius 2 is 1.78 bits per heavy atom. The topological polar surface area (TPSA) is 79.5 Å². The first-order valence-corrected chi connectivity index (χ1v) is 12.1. The molecule has 0 aromatic heterocycles. The largest absolute Gasteiger partial charge is 0.493 e. The number of carbonyl (C=O) groups excluding carboxylic acids is 2. The van der Waals surface area contributed by atoms with Gasteiger partial charge in [0.15, 0.2) is 5.11 Å². The van der Waals surface area contributed by atoms with E-state index >= 15 is 0 Å². The summed E-state index contributed by atoms with van der Waals surface area (Å²) in [6.45, 7) is 2.52. The van der Waals surface area contributed by atoms with Gasteiger partial charge in [0.1, 0.15) is 5.75 Å². The summed E-state index contributed by atoms with van der Waals surface area (Å²) in [4.78, 5) is 25.3. The Bertz CT molecular complexity index is 977. The molecule has 0 spiro atoms. The third-order valence-electron chi connectivity index (χ3n) is 5.24. The summed E-state index contributed by atoms with van der Waals surface area (Å²) < 4.78 is 6.45. The molecule has 2 aromatic rings. The van der Waals surface area contributed by atoms with Gasteiger partial charge in [0, 0.05) is 21.8 Å². The fourth-order valence-corrected chi connectivity index (χ4v) is 4.21. The minimum atomic E-state index is -0.364. The molecule has 2 aromatic carbocycles. The molecule has 8 heteroatoms. The summed E-state index contributed by atoms with van der Waals surface area (Å²) in [6, 6.07) is 12.6. The molecule has 32 heavy (non-hydrogen) atoms. The Hall–Kier alpha value is -2.45. The average Bonchev–Trinajstić information content (AvgIpc) is 2.79. The number of hydrogen-bond donors (Lipinski definition) is 3. The fourth-order valence-electron chi connectivity index (χ4n) is 3.63. The Kier molecular flexibility index (Phi) is 9.05. The fraction of sp³-hybridized carbons (Fsp3) is 0.375. The van der Waals surface area contributed by atoms with Gasteiger partial charge in [-0.1, -0.05) is 48.2 Å². The van der Waals surface area contributed by atoms with Crippen molar-refractivity contribution in [2.24, 2.45) is 5.92 Å². The molecule has 0 radical (unpaired) electrons. The lowest BCUT2D eigenvalue weighted by Gasteiger charge is -2.21. The molecule has 0 bridgehead atoms. The Balaban J connectivity index is 1.60. The molecule has 1 fully saturated rings. The quantitative estimate of drug-likeness (QED) is 0.399. The zero-order valence-electron chi connectivity index (χ0n) is 18.1. The van der Waals surface area contributed by atoms with E-state index in [-0.39, 0.29) is 22.8 Å². The van der Waals surface area contributed by atoms with Gasteiger partial charge in [-0.3, -0.25) is 14.9 Å². The third kappa shape index (κ3) is 7.03. The van der Waals surface area contributed by atoms with Gasteiger partial charge in [-0.05, 0) is 67.9 Å². The van der Waals surface area contributed by atoms with Crippen molar-refractivity contribution in [1.29, 1.82) is 0 Å². The number of thiocarbonyl (C=S) groups is 1. The van der Waals surface area contributed by atoms with Crippen LogP contribution in [0.3, 0.4) is 0 Å². The zero-order chi connectivity index (χ0) is 22.9. The third-order valence-corrected chi connectivity index (χ3v) is 5.94. The van der Waals surface area contributed by atoms with E-state index in [0.29, 0.717) is 29.3 Å². The number of benzene rings is 2. The molecule has 1 aliphatic carbocycles. The predicted octanol–water partition coefficient (Wildman–Crippen LogP) is 5.88. The lowest BCUT2D eigenvalue weighted by molar-refractivity contribution is -0.120. The maximum Gasteiger partial charge on any atom is 0.261 e. The summed E-state index contributed by atoms with van der Waals surface area (Å²) in [6.07, 6.45) is 6.15. The summed E-state index contributed by atoms with van der Waals surface area (Å²) in [5.74, 6) is 0.279. The van der Waals surface area contributed by atoms with E-state index in [9.17, 15) is 9.59 Å². The van der Waals surface area contributed by atoms with Crippen LogP contribution in [-0.2, 0) is 4.79 Å². The van der Waals surface area contributed by atoms with Crippen LogP contribution >= 0.6 is 28.1 Å². The molecule has 0 heterocycles. The van der Waals surface area contributed by atoms with Gasteiger partial charge in [-0.25, -0.2) is 0 Å². The van der Waals surface area contributed by atoms with Gasteiger partial charge in [-0.15, -0.1) is 0 Å². The number of rotatable bonds is 7. The van der Waals surface area contributed by atoms with E-state index < -0.39 is 0 Å². The Morgan fingerprint density at radius 1 is 1.06 bits per heavy atom. The number of amides is 2. The van der Waals surface area contributed by atoms with Crippen LogP contribution in [0.25, 0.3) is 0 Å². The number of ether oxygens (including phenoxy) is 1. The van der Waals surface area contributed by atoms with E-state index in [1.165, 1.54) is 6.42 Å². The molecular weight excluding hydrogens is 490 g/mol. The highest BCUT2D eigenvalue weighted by Crippen LogP contribution is 2.26. The highest BCUT2D eigenvalue weighted by molar-refractivity contribution is 9.10. The second kappa shape index (κ2) is 12.0. The van der Waals surface area contributed by atoms with Gasteiger partial charge in [-0.2, -0.15) is 0 Å². The van der Waals surface area contributed by atoms with Crippen molar-refractivity contribution in [3.05, 3.63) is 52.5 Å². The molecule has 1 aliphatic rings. The van der Waals surface area contributed by atoms with Gasteiger partial charge < -0.3 is 15.4 Å². The minimum Gasteiger partial charge on any atom is -0.493 e. The zero-order valence-corrected chi connectivity index (χ0v) is 20.5. The molecule has 0 aliphatic heterocycles. The molecule has 3 N–H and O–H groups in total. The van der Waals surface area contributed by atoms with Crippen LogP contribution in [0.5, 0.6) is 5.75 Å². The van der Waals surface area contributed by atoms with Gasteiger partial charge in [0.2, 0.25) is 5.91 Å². The highest BCUT2D eigenvalue weighted by atomic mass is 79.9. The molecule has 0 unspecified atom stereocenters. The molecule has 170 valence electrons. The van der Waals surface area contributed by atoms with Crippen LogP contribution in [0.1, 0.15) is 55.8 Å². The van der Waals surface area contributed by atoms with Crippen LogP contribution in [0.2, 0.25) is 0 Å². The lowest BCUT2D eigenvalue weighted by Crippen LogP contribution is -2.34. The van der Waals surface area contributed by atoms with Crippen LogP contribution in [0.15, 0.2) is 46.9 Å². The molecule has 2 amide bonds. The second-order valence-corrected chi connectivity index (χ2v) is 9.13. The second-order valence-electron chi connectivity index (χ2n) is 7.80. The van der Waals surface area contributed by atoms with Crippen molar-refractivity contribution in [3.63, 3.8) is 0 Å². The Morgan fingerprint density at radius 3 is 2.50 bits per heavy atom.